The molecule has 6 nitrogen and oxygen atoms in total. The number of hydrogen-bond donors (Lipinski definition) is 2. The van der Waals surface area contributed by atoms with Crippen molar-refractivity contribution in [3.8, 4) is 0 Å². The average molecular weight is 357 g/mol. The van der Waals surface area contributed by atoms with Crippen molar-refractivity contribution in [2.75, 3.05) is 24.7 Å². The van der Waals surface area contributed by atoms with Gasteiger partial charge in [-0.3, -0.25) is 9.59 Å². The first-order chi connectivity index (χ1) is 12.5. The van der Waals surface area contributed by atoms with Crippen molar-refractivity contribution in [1.82, 2.24) is 5.32 Å². The second-order valence-electron chi connectivity index (χ2n) is 6.98. The highest BCUT2D eigenvalue weighted by molar-refractivity contribution is 6.03. The van der Waals surface area contributed by atoms with E-state index >= 15 is 0 Å². The van der Waals surface area contributed by atoms with E-state index in [1.54, 1.807) is 17.1 Å². The number of nitrogens with two attached hydrogens (primary N) is 1. The van der Waals surface area contributed by atoms with Crippen molar-refractivity contribution in [1.29, 1.82) is 0 Å². The van der Waals surface area contributed by atoms with Crippen LogP contribution in [0.25, 0.3) is 0 Å². The summed E-state index contributed by atoms with van der Waals surface area (Å²) in [5, 5.41) is 2.96. The summed E-state index contributed by atoms with van der Waals surface area (Å²) in [6.07, 6.45) is 5.93. The molecule has 3 rings (SSSR count). The second-order valence-corrected chi connectivity index (χ2v) is 6.98. The Kier molecular flexibility index (Phi) is 5.74. The van der Waals surface area contributed by atoms with Crippen LogP contribution in [-0.4, -0.2) is 43.2 Å². The van der Waals surface area contributed by atoms with Crippen LogP contribution in [0.15, 0.2) is 36.4 Å². The highest BCUT2D eigenvalue weighted by Crippen LogP contribution is 2.27. The number of carbonyl (C=O) groups excluding carboxylic acids is 2. The van der Waals surface area contributed by atoms with Crippen LogP contribution >= 0.6 is 0 Å². The van der Waals surface area contributed by atoms with Gasteiger partial charge in [0, 0.05) is 37.6 Å². The minimum absolute atomic E-state index is 0.0591. The van der Waals surface area contributed by atoms with Crippen LogP contribution in [0, 0.1) is 0 Å². The number of carbonyl (C=O) groups is 2. The minimum Gasteiger partial charge on any atom is -0.381 e. The Morgan fingerprint density at radius 1 is 1.35 bits per heavy atom. The molecule has 0 aliphatic carbocycles. The largest absolute Gasteiger partial charge is 0.381 e. The maximum Gasteiger partial charge on any atom is 0.250 e. The molecule has 2 aliphatic heterocycles. The van der Waals surface area contributed by atoms with E-state index in [-0.39, 0.29) is 17.9 Å². The van der Waals surface area contributed by atoms with E-state index in [1.807, 2.05) is 25.1 Å². The van der Waals surface area contributed by atoms with Crippen LogP contribution in [0.4, 0.5) is 5.69 Å². The van der Waals surface area contributed by atoms with Crippen LogP contribution < -0.4 is 16.0 Å². The number of hydrogen-bond acceptors (Lipinski definition) is 4. The predicted molar refractivity (Wildman–Crippen MR) is 101 cm³/mol. The lowest BCUT2D eigenvalue weighted by molar-refractivity contribution is -0.130. The molecule has 0 radical (unpaired) electrons. The Hall–Kier alpha value is -2.18. The molecular formula is C20H27N3O3. The lowest BCUT2D eigenvalue weighted by atomic mass is 9.90. The third-order valence-electron chi connectivity index (χ3n) is 5.22. The highest BCUT2D eigenvalue weighted by atomic mass is 16.5. The highest BCUT2D eigenvalue weighted by Gasteiger charge is 2.36. The molecule has 2 heterocycles. The minimum atomic E-state index is -0.878. The van der Waals surface area contributed by atoms with E-state index in [1.165, 1.54) is 5.56 Å². The Bertz CT molecular complexity index is 695. The lowest BCUT2D eigenvalue weighted by Gasteiger charge is -2.33. The van der Waals surface area contributed by atoms with Gasteiger partial charge in [-0.05, 0) is 37.3 Å². The van der Waals surface area contributed by atoms with Crippen LogP contribution in [0.5, 0.6) is 0 Å². The summed E-state index contributed by atoms with van der Waals surface area (Å²) >= 11 is 0. The Labute approximate surface area is 154 Å². The van der Waals surface area contributed by atoms with Crippen LogP contribution in [0.3, 0.4) is 0 Å². The van der Waals surface area contributed by atoms with Crippen molar-refractivity contribution in [3.05, 3.63) is 42.0 Å². The smallest absolute Gasteiger partial charge is 0.250 e. The maximum atomic E-state index is 12.6. The molecule has 1 atom stereocenters. The Morgan fingerprint density at radius 2 is 2.08 bits per heavy atom. The van der Waals surface area contributed by atoms with Gasteiger partial charge in [-0.2, -0.15) is 0 Å². The van der Waals surface area contributed by atoms with Crippen molar-refractivity contribution in [2.24, 2.45) is 5.73 Å². The third kappa shape index (κ3) is 3.97. The first-order valence-corrected chi connectivity index (χ1v) is 9.29. The zero-order valence-corrected chi connectivity index (χ0v) is 15.2. The summed E-state index contributed by atoms with van der Waals surface area (Å²) in [5.74, 6) is -0.229. The fourth-order valence-electron chi connectivity index (χ4n) is 3.42. The zero-order valence-electron chi connectivity index (χ0n) is 15.2. The summed E-state index contributed by atoms with van der Waals surface area (Å²) in [6, 6.07) is 7.74. The lowest BCUT2D eigenvalue weighted by Crippen LogP contribution is -2.58. The molecule has 6 heteroatoms. The summed E-state index contributed by atoms with van der Waals surface area (Å²) in [6.45, 7) is 3.67. The van der Waals surface area contributed by atoms with Crippen molar-refractivity contribution < 1.29 is 14.3 Å². The number of rotatable bonds is 5. The van der Waals surface area contributed by atoms with E-state index in [9.17, 15) is 9.59 Å². The van der Waals surface area contributed by atoms with Crippen molar-refractivity contribution >= 4 is 17.5 Å². The summed E-state index contributed by atoms with van der Waals surface area (Å²) in [7, 11) is 0. The third-order valence-corrected chi connectivity index (χ3v) is 5.22. The predicted octanol–water partition coefficient (Wildman–Crippen LogP) is 1.53. The molecule has 2 aliphatic rings. The Balaban J connectivity index is 1.61. The fourth-order valence-corrected chi connectivity index (χ4v) is 3.42. The number of nitrogens with zero attached hydrogens (tertiary/aromatic N) is 1. The van der Waals surface area contributed by atoms with Crippen LogP contribution in [0.2, 0.25) is 0 Å². The molecule has 1 saturated heterocycles. The molecule has 1 aromatic carbocycles. The number of nitrogens with one attached hydrogen (secondary N) is 1. The molecule has 26 heavy (non-hydrogen) atoms. The van der Waals surface area contributed by atoms with Gasteiger partial charge in [0.25, 0.3) is 5.91 Å². The van der Waals surface area contributed by atoms with Gasteiger partial charge in [-0.1, -0.05) is 31.2 Å². The van der Waals surface area contributed by atoms with Gasteiger partial charge in [-0.25, -0.2) is 0 Å². The topological polar surface area (TPSA) is 84.7 Å². The van der Waals surface area contributed by atoms with E-state index < -0.39 is 5.54 Å². The number of para-hydroxylation sites is 1. The van der Waals surface area contributed by atoms with Gasteiger partial charge in [0.05, 0.1) is 5.54 Å². The summed E-state index contributed by atoms with van der Waals surface area (Å²) in [5.41, 5.74) is 7.51. The first kappa shape index (κ1) is 18.6. The first-order valence-electron chi connectivity index (χ1n) is 9.29. The summed E-state index contributed by atoms with van der Waals surface area (Å²) in [4.78, 5) is 26.9. The Morgan fingerprint density at radius 3 is 2.81 bits per heavy atom. The summed E-state index contributed by atoms with van der Waals surface area (Å²) < 4.78 is 5.29. The zero-order chi connectivity index (χ0) is 18.6. The van der Waals surface area contributed by atoms with Crippen LogP contribution in [-0.2, 0) is 20.7 Å². The number of benzene rings is 1. The van der Waals surface area contributed by atoms with Crippen LogP contribution in [0.1, 0.15) is 31.7 Å². The molecule has 0 saturated carbocycles. The monoisotopic (exact) mass is 357 g/mol. The molecule has 0 bridgehead atoms. The van der Waals surface area contributed by atoms with E-state index in [2.05, 4.69) is 11.4 Å². The number of amides is 2. The van der Waals surface area contributed by atoms with E-state index in [4.69, 9.17) is 10.5 Å². The molecule has 0 spiro atoms. The van der Waals surface area contributed by atoms with Crippen molar-refractivity contribution in [3.63, 3.8) is 0 Å². The molecule has 0 unspecified atom stereocenters. The SMILES string of the molecule is CC[C@@H](C=CC(=O)N1CCc2ccccc21)NC(=O)C1(N)CCOCC1. The molecule has 2 amide bonds. The molecule has 0 aromatic heterocycles. The standard InChI is InChI=1S/C20H27N3O3/c1-2-16(22-19(25)20(21)10-13-26-14-11-20)7-8-18(24)23-12-9-15-5-3-4-6-17(15)23/h3-8,16H,2,9-14,21H2,1H3,(H,22,25)/t16-/m0/s1. The normalized spacial score (nSPS) is 20.0. The average Bonchev–Trinajstić information content (AvgIpc) is 3.09. The van der Waals surface area contributed by atoms with Gasteiger partial charge in [0.1, 0.15) is 0 Å². The van der Waals surface area contributed by atoms with Gasteiger partial charge < -0.3 is 20.7 Å². The molecule has 1 aromatic rings. The second kappa shape index (κ2) is 8.01. The molecule has 3 N–H and O–H groups in total. The van der Waals surface area contributed by atoms with Gasteiger partial charge in [0.2, 0.25) is 5.91 Å². The molecule has 1 fully saturated rings. The molecule has 140 valence electrons. The van der Waals surface area contributed by atoms with E-state index in [0.717, 1.165) is 12.1 Å². The number of fused-ring (bicyclic) bond motifs is 1. The fraction of sp³-hybridized carbons (Fsp3) is 0.500. The van der Waals surface area contributed by atoms with E-state index in [0.29, 0.717) is 39.0 Å². The molecular weight excluding hydrogens is 330 g/mol. The number of anilines is 1. The number of ether oxygens (including phenoxy) is 1. The van der Waals surface area contributed by atoms with Gasteiger partial charge in [-0.15, -0.1) is 0 Å². The quantitative estimate of drug-likeness (QED) is 0.783. The maximum absolute atomic E-state index is 12.6. The van der Waals surface area contributed by atoms with Gasteiger partial charge >= 0.3 is 0 Å². The van der Waals surface area contributed by atoms with Crippen molar-refractivity contribution in [2.45, 2.75) is 44.2 Å². The van der Waals surface area contributed by atoms with Gasteiger partial charge in [0.15, 0.2) is 0 Å².